The zero-order valence-corrected chi connectivity index (χ0v) is 12.2. The van der Waals surface area contributed by atoms with E-state index in [1.54, 1.807) is 4.68 Å². The van der Waals surface area contributed by atoms with Gasteiger partial charge in [0, 0.05) is 19.7 Å². The molecule has 0 spiro atoms. The second-order valence-corrected chi connectivity index (χ2v) is 5.64. The summed E-state index contributed by atoms with van der Waals surface area (Å²) in [6, 6.07) is 11.8. The molecule has 18 heavy (non-hydrogen) atoms. The fraction of sp³-hybridized carbons (Fsp3) is 0. The van der Waals surface area contributed by atoms with Crippen molar-refractivity contribution in [2.75, 3.05) is 0 Å². The first kappa shape index (κ1) is 11.6. The topological polar surface area (TPSA) is 53.7 Å². The standard InChI is InChI=1S/C12H6Br2N4/c13-7-1-3-11-9(5-7)10-6-8(14)2-4-12(10)18(11)17-16-15/h1-6H. The lowest BCUT2D eigenvalue weighted by molar-refractivity contribution is 0.947. The molecule has 3 aromatic rings. The van der Waals surface area contributed by atoms with Crippen molar-refractivity contribution in [3.05, 3.63) is 55.8 Å². The van der Waals surface area contributed by atoms with Crippen LogP contribution in [0.4, 0.5) is 0 Å². The van der Waals surface area contributed by atoms with E-state index in [0.717, 1.165) is 30.8 Å². The molecule has 1 heterocycles. The Labute approximate surface area is 119 Å². The number of aromatic nitrogens is 1. The van der Waals surface area contributed by atoms with Gasteiger partial charge in [0.05, 0.1) is 0 Å². The molecule has 0 aliphatic heterocycles. The van der Waals surface area contributed by atoms with Crippen molar-refractivity contribution in [1.29, 1.82) is 0 Å². The zero-order valence-electron chi connectivity index (χ0n) is 9.01. The minimum Gasteiger partial charge on any atom is -0.178 e. The second-order valence-electron chi connectivity index (χ2n) is 3.81. The van der Waals surface area contributed by atoms with Crippen LogP contribution in [-0.2, 0) is 0 Å². The Bertz CT molecular complexity index is 756. The molecule has 0 saturated carbocycles. The third kappa shape index (κ3) is 1.70. The third-order valence-corrected chi connectivity index (χ3v) is 3.78. The summed E-state index contributed by atoms with van der Waals surface area (Å²) in [7, 11) is 0. The van der Waals surface area contributed by atoms with Gasteiger partial charge in [-0.05, 0) is 41.6 Å². The van der Waals surface area contributed by atoms with E-state index in [1.165, 1.54) is 0 Å². The lowest BCUT2D eigenvalue weighted by atomic mass is 10.2. The molecule has 0 radical (unpaired) electrons. The fourth-order valence-electron chi connectivity index (χ4n) is 2.08. The molecule has 0 fully saturated rings. The molecule has 0 aliphatic rings. The molecule has 6 heteroatoms. The summed E-state index contributed by atoms with van der Waals surface area (Å²) >= 11 is 6.92. The van der Waals surface area contributed by atoms with Crippen molar-refractivity contribution in [3.8, 4) is 0 Å². The highest BCUT2D eigenvalue weighted by molar-refractivity contribution is 9.10. The minimum absolute atomic E-state index is 0.893. The number of azide groups is 1. The number of hydrogen-bond acceptors (Lipinski definition) is 1. The summed E-state index contributed by atoms with van der Waals surface area (Å²) in [5.41, 5.74) is 10.5. The van der Waals surface area contributed by atoms with Gasteiger partial charge in [0.1, 0.15) is 11.0 Å². The molecule has 0 amide bonds. The predicted molar refractivity (Wildman–Crippen MR) is 79.4 cm³/mol. The van der Waals surface area contributed by atoms with Crippen LogP contribution in [0.3, 0.4) is 0 Å². The molecule has 88 valence electrons. The summed E-state index contributed by atoms with van der Waals surface area (Å²) in [5, 5.41) is 5.85. The zero-order chi connectivity index (χ0) is 12.7. The average Bonchev–Trinajstić information content (AvgIpc) is 2.64. The van der Waals surface area contributed by atoms with Gasteiger partial charge < -0.3 is 0 Å². The molecular formula is C12H6Br2N4. The Balaban J connectivity index is 2.60. The number of fused-ring (bicyclic) bond motifs is 3. The maximum absolute atomic E-state index is 8.69. The van der Waals surface area contributed by atoms with E-state index in [1.807, 2.05) is 36.4 Å². The molecular weight excluding hydrogens is 360 g/mol. The monoisotopic (exact) mass is 364 g/mol. The van der Waals surface area contributed by atoms with Gasteiger partial charge >= 0.3 is 0 Å². The molecule has 4 nitrogen and oxygen atoms in total. The smallest absolute Gasteiger partial charge is 0.144 e. The van der Waals surface area contributed by atoms with E-state index in [-0.39, 0.29) is 0 Å². The Kier molecular flexibility index (Phi) is 2.78. The molecule has 1 aromatic heterocycles. The van der Waals surface area contributed by atoms with Gasteiger partial charge in [-0.3, -0.25) is 0 Å². The largest absolute Gasteiger partial charge is 0.178 e. The van der Waals surface area contributed by atoms with Crippen molar-refractivity contribution < 1.29 is 0 Å². The molecule has 0 saturated heterocycles. The summed E-state index contributed by atoms with van der Waals surface area (Å²) in [6.07, 6.45) is 0. The van der Waals surface area contributed by atoms with E-state index >= 15 is 0 Å². The molecule has 0 atom stereocenters. The number of hydrogen-bond donors (Lipinski definition) is 0. The highest BCUT2D eigenvalue weighted by Gasteiger charge is 2.14. The van der Waals surface area contributed by atoms with E-state index in [4.69, 9.17) is 5.53 Å². The highest BCUT2D eigenvalue weighted by Crippen LogP contribution is 2.32. The Hall–Kier alpha value is -1.49. The normalized spacial score (nSPS) is 10.8. The Morgan fingerprint density at radius 2 is 1.44 bits per heavy atom. The summed E-state index contributed by atoms with van der Waals surface area (Å²) in [4.78, 5) is 2.89. The van der Waals surface area contributed by atoms with Crippen LogP contribution >= 0.6 is 31.9 Å². The van der Waals surface area contributed by atoms with Gasteiger partial charge in [-0.2, -0.15) is 9.59 Å². The van der Waals surface area contributed by atoms with Crippen molar-refractivity contribution in [2.45, 2.75) is 0 Å². The van der Waals surface area contributed by atoms with Crippen LogP contribution in [0.2, 0.25) is 0 Å². The van der Waals surface area contributed by atoms with Gasteiger partial charge in [-0.25, -0.2) is 0 Å². The van der Waals surface area contributed by atoms with Crippen LogP contribution in [0.15, 0.2) is 50.6 Å². The van der Waals surface area contributed by atoms with Crippen molar-refractivity contribution in [3.63, 3.8) is 0 Å². The Morgan fingerprint density at radius 1 is 0.944 bits per heavy atom. The van der Waals surface area contributed by atoms with Crippen molar-refractivity contribution in [2.24, 2.45) is 5.22 Å². The third-order valence-electron chi connectivity index (χ3n) is 2.79. The van der Waals surface area contributed by atoms with Crippen LogP contribution in [-0.4, -0.2) is 4.68 Å². The minimum atomic E-state index is 0.893. The molecule has 0 N–H and O–H groups in total. The van der Waals surface area contributed by atoms with Crippen LogP contribution in [0.1, 0.15) is 0 Å². The molecule has 0 aliphatic carbocycles. The Morgan fingerprint density at radius 3 is 1.89 bits per heavy atom. The molecule has 0 unspecified atom stereocenters. The lowest BCUT2D eigenvalue weighted by Gasteiger charge is -1.92. The number of benzene rings is 2. The SMILES string of the molecule is [N-]=[N+]=Nn1c2ccc(Br)cc2c2cc(Br)ccc21. The van der Waals surface area contributed by atoms with Gasteiger partial charge in [-0.1, -0.05) is 31.9 Å². The summed E-state index contributed by atoms with van der Waals surface area (Å²) in [6.45, 7) is 0. The van der Waals surface area contributed by atoms with E-state index in [9.17, 15) is 0 Å². The first-order valence-electron chi connectivity index (χ1n) is 5.15. The lowest BCUT2D eigenvalue weighted by Crippen LogP contribution is -1.84. The first-order valence-corrected chi connectivity index (χ1v) is 6.74. The van der Waals surface area contributed by atoms with Crippen LogP contribution in [0.25, 0.3) is 32.2 Å². The summed E-state index contributed by atoms with van der Waals surface area (Å²) < 4.78 is 3.61. The van der Waals surface area contributed by atoms with E-state index in [0.29, 0.717) is 0 Å². The van der Waals surface area contributed by atoms with Crippen molar-refractivity contribution in [1.82, 2.24) is 4.68 Å². The first-order chi connectivity index (χ1) is 8.70. The quantitative estimate of drug-likeness (QED) is 0.315. The number of rotatable bonds is 1. The number of nitrogens with zero attached hydrogens (tertiary/aromatic N) is 4. The predicted octanol–water partition coefficient (Wildman–Crippen LogP) is 5.39. The van der Waals surface area contributed by atoms with Crippen LogP contribution in [0.5, 0.6) is 0 Å². The maximum Gasteiger partial charge on any atom is 0.144 e. The summed E-state index contributed by atoms with van der Waals surface area (Å²) in [5.74, 6) is 0. The average molecular weight is 366 g/mol. The highest BCUT2D eigenvalue weighted by atomic mass is 79.9. The van der Waals surface area contributed by atoms with Gasteiger partial charge in [0.15, 0.2) is 0 Å². The van der Waals surface area contributed by atoms with Gasteiger partial charge in [0.25, 0.3) is 0 Å². The van der Waals surface area contributed by atoms with Gasteiger partial charge in [-0.15, -0.1) is 5.53 Å². The molecule has 2 aromatic carbocycles. The second kappa shape index (κ2) is 4.31. The van der Waals surface area contributed by atoms with Crippen LogP contribution in [0, 0.1) is 0 Å². The fourth-order valence-corrected chi connectivity index (χ4v) is 2.81. The maximum atomic E-state index is 8.69. The van der Waals surface area contributed by atoms with E-state index < -0.39 is 0 Å². The van der Waals surface area contributed by atoms with E-state index in [2.05, 4.69) is 42.0 Å². The molecule has 3 rings (SSSR count). The van der Waals surface area contributed by atoms with Gasteiger partial charge in [0.2, 0.25) is 0 Å². The van der Waals surface area contributed by atoms with Crippen LogP contribution < -0.4 is 0 Å². The molecule has 0 bridgehead atoms. The van der Waals surface area contributed by atoms with Crippen molar-refractivity contribution >= 4 is 53.7 Å². The number of halogens is 2.